The van der Waals surface area contributed by atoms with E-state index in [-0.39, 0.29) is 23.3 Å². The van der Waals surface area contributed by atoms with Crippen molar-refractivity contribution < 1.29 is 19.4 Å². The lowest BCUT2D eigenvalue weighted by Crippen LogP contribution is -2.28. The minimum absolute atomic E-state index is 0.0585. The van der Waals surface area contributed by atoms with Crippen LogP contribution in [0.1, 0.15) is 22.2 Å². The monoisotopic (exact) mass is 455 g/mol. The predicted octanol–water partition coefficient (Wildman–Crippen LogP) is 3.15. The van der Waals surface area contributed by atoms with Gasteiger partial charge in [-0.3, -0.25) is 14.3 Å². The lowest BCUT2D eigenvalue weighted by atomic mass is 10.0. The standard InChI is InChI=1S/C22H21N3O6S/c1-5-31-21(28)13-10(2)32-18(17(13)26)14-15-19(25(3)22(29)24-20(15)27)23-16(14)11-6-8-12(30-4)9-7-11/h6-9,23,26H,5H2,1-4H3,(H,24,27,29). The summed E-state index contributed by atoms with van der Waals surface area (Å²) >= 11 is 1.17. The molecule has 166 valence electrons. The number of esters is 1. The van der Waals surface area contributed by atoms with Crippen molar-refractivity contribution in [1.29, 1.82) is 0 Å². The number of hydrogen-bond acceptors (Lipinski definition) is 7. The molecule has 4 rings (SSSR count). The van der Waals surface area contributed by atoms with E-state index in [4.69, 9.17) is 9.47 Å². The van der Waals surface area contributed by atoms with Crippen LogP contribution in [0, 0.1) is 6.92 Å². The molecule has 4 aromatic rings. The van der Waals surface area contributed by atoms with Gasteiger partial charge in [0.25, 0.3) is 5.56 Å². The van der Waals surface area contributed by atoms with Crippen molar-refractivity contribution in [3.63, 3.8) is 0 Å². The van der Waals surface area contributed by atoms with Crippen LogP contribution in [-0.2, 0) is 11.8 Å². The Morgan fingerprint density at radius 3 is 2.50 bits per heavy atom. The highest BCUT2D eigenvalue weighted by atomic mass is 32.1. The summed E-state index contributed by atoms with van der Waals surface area (Å²) in [5.74, 6) is -0.261. The summed E-state index contributed by atoms with van der Waals surface area (Å²) in [6.45, 7) is 3.54. The highest BCUT2D eigenvalue weighted by Gasteiger charge is 2.29. The molecular weight excluding hydrogens is 434 g/mol. The fourth-order valence-electron chi connectivity index (χ4n) is 3.65. The fourth-order valence-corrected chi connectivity index (χ4v) is 4.74. The summed E-state index contributed by atoms with van der Waals surface area (Å²) in [6.07, 6.45) is 0. The number of fused-ring (bicyclic) bond motifs is 1. The highest BCUT2D eigenvalue weighted by molar-refractivity contribution is 7.16. The number of nitrogens with one attached hydrogen (secondary N) is 2. The number of hydrogen-bond donors (Lipinski definition) is 3. The Labute approximate surface area is 185 Å². The molecule has 0 bridgehead atoms. The first-order valence-electron chi connectivity index (χ1n) is 9.77. The third-order valence-corrected chi connectivity index (χ3v) is 6.32. The van der Waals surface area contributed by atoms with Crippen LogP contribution in [0.5, 0.6) is 11.5 Å². The smallest absolute Gasteiger partial charge is 0.343 e. The summed E-state index contributed by atoms with van der Waals surface area (Å²) < 4.78 is 11.6. The number of carbonyl (C=O) groups excluding carboxylic acids is 1. The second kappa shape index (κ2) is 8.04. The number of rotatable bonds is 5. The van der Waals surface area contributed by atoms with E-state index in [2.05, 4.69) is 9.97 Å². The average molecular weight is 455 g/mol. The molecule has 1 aromatic carbocycles. The highest BCUT2D eigenvalue weighted by Crippen LogP contribution is 2.47. The van der Waals surface area contributed by atoms with Gasteiger partial charge in [-0.05, 0) is 43.7 Å². The first kappa shape index (κ1) is 21.4. The average Bonchev–Trinajstić information content (AvgIpc) is 3.30. The maximum absolute atomic E-state index is 12.9. The molecule has 0 fully saturated rings. The Kier molecular flexibility index (Phi) is 5.39. The number of aromatic amines is 2. The zero-order valence-corrected chi connectivity index (χ0v) is 18.7. The number of aromatic nitrogens is 3. The van der Waals surface area contributed by atoms with Gasteiger partial charge in [0.15, 0.2) is 0 Å². The molecule has 32 heavy (non-hydrogen) atoms. The van der Waals surface area contributed by atoms with E-state index in [0.29, 0.717) is 38.0 Å². The Morgan fingerprint density at radius 1 is 1.19 bits per heavy atom. The Morgan fingerprint density at radius 2 is 1.88 bits per heavy atom. The third-order valence-electron chi connectivity index (χ3n) is 5.21. The van der Waals surface area contributed by atoms with Gasteiger partial charge in [0.05, 0.1) is 29.7 Å². The van der Waals surface area contributed by atoms with Gasteiger partial charge in [-0.1, -0.05) is 0 Å². The number of ether oxygens (including phenoxy) is 2. The topological polar surface area (TPSA) is 126 Å². The Bertz CT molecular complexity index is 1460. The van der Waals surface area contributed by atoms with Crippen LogP contribution in [0.15, 0.2) is 33.9 Å². The zero-order chi connectivity index (χ0) is 23.2. The number of benzene rings is 1. The van der Waals surface area contributed by atoms with Gasteiger partial charge >= 0.3 is 11.7 Å². The van der Waals surface area contributed by atoms with Gasteiger partial charge < -0.3 is 19.6 Å². The van der Waals surface area contributed by atoms with Crippen molar-refractivity contribution in [3.05, 3.63) is 55.5 Å². The van der Waals surface area contributed by atoms with Gasteiger partial charge in [-0.2, -0.15) is 0 Å². The number of aryl methyl sites for hydroxylation is 2. The SMILES string of the molecule is CCOC(=O)c1c(C)sc(-c2c(-c3ccc(OC)cc3)[nH]c3c2c(=O)[nH]c(=O)n3C)c1O. The van der Waals surface area contributed by atoms with Crippen molar-refractivity contribution in [3.8, 4) is 33.2 Å². The first-order chi connectivity index (χ1) is 15.3. The molecule has 0 unspecified atom stereocenters. The molecule has 0 radical (unpaired) electrons. The van der Waals surface area contributed by atoms with E-state index < -0.39 is 17.2 Å². The maximum Gasteiger partial charge on any atom is 0.343 e. The summed E-state index contributed by atoms with van der Waals surface area (Å²) in [6, 6.07) is 7.11. The molecule has 3 aromatic heterocycles. The quantitative estimate of drug-likeness (QED) is 0.397. The molecule has 3 heterocycles. The third kappa shape index (κ3) is 3.28. The number of thiophene rings is 1. The van der Waals surface area contributed by atoms with Crippen LogP contribution < -0.4 is 16.0 Å². The molecule has 0 aliphatic rings. The van der Waals surface area contributed by atoms with Crippen LogP contribution in [0.25, 0.3) is 32.7 Å². The summed E-state index contributed by atoms with van der Waals surface area (Å²) in [5, 5.41) is 11.2. The number of methoxy groups -OCH3 is 1. The van der Waals surface area contributed by atoms with E-state index in [1.165, 1.54) is 23.0 Å². The van der Waals surface area contributed by atoms with Crippen LogP contribution in [0.4, 0.5) is 0 Å². The molecule has 0 atom stereocenters. The molecular formula is C22H21N3O6S. The summed E-state index contributed by atoms with van der Waals surface area (Å²) in [5.41, 5.74) is 0.787. The van der Waals surface area contributed by atoms with Gasteiger partial charge in [-0.25, -0.2) is 9.59 Å². The van der Waals surface area contributed by atoms with Crippen LogP contribution in [0.3, 0.4) is 0 Å². The van der Waals surface area contributed by atoms with E-state index in [1.807, 2.05) is 0 Å². The first-order valence-corrected chi connectivity index (χ1v) is 10.6. The number of carbonyl (C=O) groups is 1. The molecule has 0 saturated carbocycles. The largest absolute Gasteiger partial charge is 0.505 e. The van der Waals surface area contributed by atoms with E-state index >= 15 is 0 Å². The molecule has 0 aliphatic heterocycles. The van der Waals surface area contributed by atoms with Crippen LogP contribution in [-0.4, -0.2) is 39.3 Å². The van der Waals surface area contributed by atoms with Gasteiger partial charge in [0, 0.05) is 17.5 Å². The molecule has 10 heteroatoms. The van der Waals surface area contributed by atoms with Crippen molar-refractivity contribution in [2.24, 2.45) is 7.05 Å². The molecule has 0 saturated heterocycles. The van der Waals surface area contributed by atoms with Crippen LogP contribution >= 0.6 is 11.3 Å². The van der Waals surface area contributed by atoms with Crippen molar-refractivity contribution in [2.75, 3.05) is 13.7 Å². The van der Waals surface area contributed by atoms with Gasteiger partial charge in [0.2, 0.25) is 0 Å². The van der Waals surface area contributed by atoms with Crippen molar-refractivity contribution in [2.45, 2.75) is 13.8 Å². The molecule has 0 aliphatic carbocycles. The number of nitrogens with zero attached hydrogens (tertiary/aromatic N) is 1. The van der Waals surface area contributed by atoms with Crippen LogP contribution in [0.2, 0.25) is 0 Å². The van der Waals surface area contributed by atoms with Crippen molar-refractivity contribution >= 4 is 28.3 Å². The van der Waals surface area contributed by atoms with E-state index in [9.17, 15) is 19.5 Å². The lowest BCUT2D eigenvalue weighted by molar-refractivity contribution is 0.0523. The molecule has 9 nitrogen and oxygen atoms in total. The van der Waals surface area contributed by atoms with E-state index in [0.717, 1.165) is 0 Å². The zero-order valence-electron chi connectivity index (χ0n) is 17.9. The summed E-state index contributed by atoms with van der Waals surface area (Å²) in [4.78, 5) is 43.8. The molecule has 0 amide bonds. The van der Waals surface area contributed by atoms with Gasteiger partial charge in [0.1, 0.15) is 22.7 Å². The Balaban J connectivity index is 2.09. The fraction of sp³-hybridized carbons (Fsp3) is 0.227. The van der Waals surface area contributed by atoms with Crippen molar-refractivity contribution in [1.82, 2.24) is 14.5 Å². The minimum Gasteiger partial charge on any atom is -0.505 e. The second-order valence-corrected chi connectivity index (χ2v) is 8.30. The summed E-state index contributed by atoms with van der Waals surface area (Å²) in [7, 11) is 3.09. The minimum atomic E-state index is -0.642. The molecule has 0 spiro atoms. The van der Waals surface area contributed by atoms with Gasteiger partial charge in [-0.15, -0.1) is 11.3 Å². The predicted molar refractivity (Wildman–Crippen MR) is 122 cm³/mol. The molecule has 3 N–H and O–H groups in total. The second-order valence-electron chi connectivity index (χ2n) is 7.08. The maximum atomic E-state index is 12.9. The normalized spacial score (nSPS) is 11.1. The van der Waals surface area contributed by atoms with E-state index in [1.54, 1.807) is 45.2 Å². The lowest BCUT2D eigenvalue weighted by Gasteiger charge is -2.06. The number of H-pyrrole nitrogens is 2. The Hall–Kier alpha value is -3.79. The number of aromatic hydroxyl groups is 1.